The summed E-state index contributed by atoms with van der Waals surface area (Å²) in [6.07, 6.45) is -1.34. The molecule has 0 aliphatic heterocycles. The molecular weight excluding hydrogens is 293 g/mol. The summed E-state index contributed by atoms with van der Waals surface area (Å²) in [5.41, 5.74) is 0. The van der Waals surface area contributed by atoms with Crippen LogP contribution in [0.3, 0.4) is 0 Å². The summed E-state index contributed by atoms with van der Waals surface area (Å²) in [6.45, 7) is 3.05. The fourth-order valence-corrected chi connectivity index (χ4v) is 0. The van der Waals surface area contributed by atoms with Crippen molar-refractivity contribution in [3.8, 4) is 0 Å². The van der Waals surface area contributed by atoms with E-state index in [1.807, 2.05) is 0 Å². The molecule has 0 aromatic rings. The van der Waals surface area contributed by atoms with Crippen molar-refractivity contribution in [1.82, 2.24) is 0 Å². The summed E-state index contributed by atoms with van der Waals surface area (Å²) in [5.74, 6) is -5.08. The van der Waals surface area contributed by atoms with Gasteiger partial charge in [-0.2, -0.15) is 0 Å². The summed E-state index contributed by atoms with van der Waals surface area (Å²) >= 11 is 0. The van der Waals surface area contributed by atoms with E-state index in [0.717, 1.165) is 20.8 Å². The first-order valence-corrected chi connectivity index (χ1v) is 3.80. The minimum atomic E-state index is -1.63. The first kappa shape index (κ1) is 36.9. The van der Waals surface area contributed by atoms with Crippen LogP contribution in [0.5, 0.6) is 0 Å². The normalized spacial score (nSPS) is 8.00. The van der Waals surface area contributed by atoms with Crippen molar-refractivity contribution in [2.75, 3.05) is 0 Å². The van der Waals surface area contributed by atoms with Crippen LogP contribution in [0.4, 0.5) is 0 Å². The van der Waals surface area contributed by atoms with E-state index in [1.54, 1.807) is 0 Å². The summed E-state index contributed by atoms with van der Waals surface area (Å²) < 4.78 is 0. The fourth-order valence-electron chi connectivity index (χ4n) is 0. The molecule has 19 heavy (non-hydrogen) atoms. The maximum Gasteiger partial charge on any atom is 1.00 e. The van der Waals surface area contributed by atoms with Gasteiger partial charge in [-0.25, -0.2) is 0 Å². The van der Waals surface area contributed by atoms with Crippen molar-refractivity contribution in [3.05, 3.63) is 0 Å². The Kier molecular flexibility index (Phi) is 46.7. The summed E-state index contributed by atoms with van der Waals surface area (Å²) in [6, 6.07) is 0. The van der Waals surface area contributed by atoms with Crippen LogP contribution in [0.15, 0.2) is 0 Å². The predicted molar refractivity (Wildman–Crippen MR) is 43.1 cm³/mol. The Morgan fingerprint density at radius 3 is 1.00 bits per heavy atom. The molecule has 1 N–H and O–H groups in total. The second kappa shape index (κ2) is 24.1. The van der Waals surface area contributed by atoms with Gasteiger partial charge in [-0.15, -0.1) is 0 Å². The van der Waals surface area contributed by atoms with E-state index < -0.39 is 29.8 Å². The number of Topliss-reactive ketones (excluding diaryl/α,β-unsaturated/α-hetero) is 1. The largest absolute Gasteiger partial charge is 1.00 e. The van der Waals surface area contributed by atoms with Crippen LogP contribution in [0.25, 0.3) is 0 Å². The average Bonchev–Trinajstić information content (AvgIpc) is 2.03. The molecule has 8 nitrogen and oxygen atoms in total. The number of carboxylic acids is 3. The standard InChI is InChI=1S/C3H6O3.C3H4O3.C2H4O2.3Na/c2*1-2(4)3(5)6;1-2(3)4;;;/h2,4H,1H3,(H,5,6);1H3,(H,5,6);1H3,(H,3,4);;;/q;;;3*+1/p-3. The molecule has 94 valence electrons. The Balaban J connectivity index is -0.0000000315. The van der Waals surface area contributed by atoms with Crippen molar-refractivity contribution in [2.45, 2.75) is 26.9 Å². The van der Waals surface area contributed by atoms with E-state index in [-0.39, 0.29) is 88.7 Å². The van der Waals surface area contributed by atoms with E-state index in [4.69, 9.17) is 15.0 Å². The van der Waals surface area contributed by atoms with Crippen molar-refractivity contribution < 1.29 is 128 Å². The Labute approximate surface area is 176 Å². The Hall–Kier alpha value is 1.04. The van der Waals surface area contributed by atoms with Crippen LogP contribution in [-0.2, 0) is 19.2 Å². The number of carboxylic acid groups (broad SMARTS) is 3. The van der Waals surface area contributed by atoms with Gasteiger partial charge in [0.2, 0.25) is 0 Å². The van der Waals surface area contributed by atoms with Gasteiger partial charge in [0, 0.05) is 12.9 Å². The Bertz CT molecular complexity index is 251. The molecule has 0 spiro atoms. The molecule has 0 aliphatic rings. The van der Waals surface area contributed by atoms with Crippen LogP contribution in [0, 0.1) is 0 Å². The molecule has 0 radical (unpaired) electrons. The maximum atomic E-state index is 9.48. The quantitative estimate of drug-likeness (QED) is 0.389. The zero-order valence-corrected chi connectivity index (χ0v) is 17.9. The Morgan fingerprint density at radius 2 is 1.00 bits per heavy atom. The smallest absolute Gasteiger partial charge is 0.550 e. The van der Waals surface area contributed by atoms with Gasteiger partial charge < -0.3 is 34.8 Å². The number of aliphatic carboxylic acids is 3. The minimum Gasteiger partial charge on any atom is -0.550 e. The molecule has 11 heteroatoms. The number of hydrogen-bond donors (Lipinski definition) is 1. The van der Waals surface area contributed by atoms with Gasteiger partial charge in [-0.1, -0.05) is 0 Å². The molecule has 0 aromatic carbocycles. The first-order valence-electron chi connectivity index (χ1n) is 3.80. The number of aliphatic hydroxyl groups is 1. The number of carbonyl (C=O) groups is 4. The molecule has 0 rings (SSSR count). The van der Waals surface area contributed by atoms with E-state index in [9.17, 15) is 24.6 Å². The van der Waals surface area contributed by atoms with Crippen LogP contribution >= 0.6 is 0 Å². The molecule has 0 heterocycles. The number of ketones is 1. The van der Waals surface area contributed by atoms with Crippen molar-refractivity contribution in [2.24, 2.45) is 0 Å². The second-order valence-electron chi connectivity index (χ2n) is 2.33. The maximum absolute atomic E-state index is 9.48. The summed E-state index contributed by atoms with van der Waals surface area (Å²) in [5, 5.41) is 35.4. The molecular formula is C8H11Na3O8. The summed E-state index contributed by atoms with van der Waals surface area (Å²) in [4.78, 5) is 36.9. The predicted octanol–water partition coefficient (Wildman–Crippen LogP) is -13.8. The first-order chi connectivity index (χ1) is 7.02. The van der Waals surface area contributed by atoms with Gasteiger partial charge in [0.25, 0.3) is 0 Å². The van der Waals surface area contributed by atoms with Gasteiger partial charge in [0.05, 0.1) is 12.1 Å². The van der Waals surface area contributed by atoms with Gasteiger partial charge in [-0.05, 0) is 13.8 Å². The van der Waals surface area contributed by atoms with Gasteiger partial charge in [0.15, 0.2) is 5.78 Å². The van der Waals surface area contributed by atoms with Crippen molar-refractivity contribution >= 4 is 23.7 Å². The van der Waals surface area contributed by atoms with E-state index in [1.165, 1.54) is 0 Å². The van der Waals surface area contributed by atoms with Crippen molar-refractivity contribution in [1.29, 1.82) is 0 Å². The van der Waals surface area contributed by atoms with Gasteiger partial charge >= 0.3 is 88.7 Å². The third kappa shape index (κ3) is 67.7. The topological polar surface area (TPSA) is 158 Å². The average molecular weight is 304 g/mol. The van der Waals surface area contributed by atoms with Crippen LogP contribution in [0.1, 0.15) is 20.8 Å². The van der Waals surface area contributed by atoms with Crippen LogP contribution in [0.2, 0.25) is 0 Å². The summed E-state index contributed by atoms with van der Waals surface area (Å²) in [7, 11) is 0. The zero-order chi connectivity index (χ0) is 13.9. The molecule has 0 saturated carbocycles. The SMILES string of the molecule is CC(=O)C(=O)[O-].CC(=O)[O-].CC(O)C(=O)[O-].[Na+].[Na+].[Na+]. The fraction of sp³-hybridized carbons (Fsp3) is 0.500. The number of aliphatic hydroxyl groups excluding tert-OH is 1. The van der Waals surface area contributed by atoms with Crippen LogP contribution in [-0.4, -0.2) is 34.9 Å². The van der Waals surface area contributed by atoms with E-state index in [0.29, 0.717) is 0 Å². The molecule has 0 bridgehead atoms. The molecule has 0 saturated heterocycles. The molecule has 0 amide bonds. The molecule has 0 fully saturated rings. The number of hydrogen-bond acceptors (Lipinski definition) is 8. The number of rotatable bonds is 2. The van der Waals surface area contributed by atoms with Crippen LogP contribution < -0.4 is 104 Å². The third-order valence-electron chi connectivity index (χ3n) is 0.629. The molecule has 1 unspecified atom stereocenters. The van der Waals surface area contributed by atoms with Gasteiger partial charge in [-0.3, -0.25) is 4.79 Å². The van der Waals surface area contributed by atoms with E-state index >= 15 is 0 Å². The second-order valence-corrected chi connectivity index (χ2v) is 2.33. The monoisotopic (exact) mass is 304 g/mol. The number of carbonyl (C=O) groups excluding carboxylic acids is 4. The van der Waals surface area contributed by atoms with Crippen molar-refractivity contribution in [3.63, 3.8) is 0 Å². The molecule has 1 atom stereocenters. The zero-order valence-electron chi connectivity index (χ0n) is 11.9. The van der Waals surface area contributed by atoms with E-state index in [2.05, 4.69) is 0 Å². The minimum absolute atomic E-state index is 0. The molecule has 0 aliphatic carbocycles. The Morgan fingerprint density at radius 1 is 0.895 bits per heavy atom. The third-order valence-corrected chi connectivity index (χ3v) is 0.629. The van der Waals surface area contributed by atoms with Gasteiger partial charge in [0.1, 0.15) is 5.97 Å². The molecule has 0 aromatic heterocycles.